The highest BCUT2D eigenvalue weighted by Crippen LogP contribution is 2.41. The monoisotopic (exact) mass is 405 g/mol. The predicted molar refractivity (Wildman–Crippen MR) is 115 cm³/mol. The molecular weight excluding hydrogens is 377 g/mol. The zero-order valence-corrected chi connectivity index (χ0v) is 17.7. The highest BCUT2D eigenvalue weighted by Gasteiger charge is 2.42. The minimum Gasteiger partial charge on any atom is -0.389 e. The van der Waals surface area contributed by atoms with Gasteiger partial charge < -0.3 is 10.0 Å². The summed E-state index contributed by atoms with van der Waals surface area (Å²) in [5.41, 5.74) is 1.66. The van der Waals surface area contributed by atoms with Crippen molar-refractivity contribution < 1.29 is 5.11 Å². The molecule has 1 fully saturated rings. The average Bonchev–Trinajstić information content (AvgIpc) is 2.62. The maximum Gasteiger partial charge on any atom is 0.0728 e. The van der Waals surface area contributed by atoms with Crippen LogP contribution in [0.5, 0.6) is 0 Å². The Hall–Kier alpha value is -1.06. The van der Waals surface area contributed by atoms with Gasteiger partial charge in [-0.1, -0.05) is 53.5 Å². The molecule has 2 aromatic rings. The number of benzene rings is 2. The van der Waals surface area contributed by atoms with Gasteiger partial charge in [0, 0.05) is 28.9 Å². The second-order valence-corrected chi connectivity index (χ2v) is 9.15. The van der Waals surface area contributed by atoms with E-state index in [2.05, 4.69) is 31.1 Å². The molecule has 0 bridgehead atoms. The molecule has 1 aliphatic rings. The molecule has 0 amide bonds. The van der Waals surface area contributed by atoms with Crippen LogP contribution in [-0.2, 0) is 12.8 Å². The molecule has 3 unspecified atom stereocenters. The third kappa shape index (κ3) is 5.48. The van der Waals surface area contributed by atoms with E-state index in [1.165, 1.54) is 5.56 Å². The highest BCUT2D eigenvalue weighted by molar-refractivity contribution is 6.31. The molecule has 146 valence electrons. The minimum atomic E-state index is -0.703. The average molecular weight is 406 g/mol. The first kappa shape index (κ1) is 20.7. The van der Waals surface area contributed by atoms with Gasteiger partial charge in [0.15, 0.2) is 0 Å². The minimum absolute atomic E-state index is 0.231. The van der Waals surface area contributed by atoms with Gasteiger partial charge in [0.1, 0.15) is 0 Å². The summed E-state index contributed by atoms with van der Waals surface area (Å²) in [5.74, 6) is 0.817. The lowest BCUT2D eigenvalue weighted by Crippen LogP contribution is -2.49. The Labute approximate surface area is 173 Å². The predicted octanol–water partition coefficient (Wildman–Crippen LogP) is 5.49. The van der Waals surface area contributed by atoms with Gasteiger partial charge in [-0.05, 0) is 75.0 Å². The SMILES string of the molecule is CN(C)CC1CC(Cc2ccc(Cl)cc2)CCC1(O)Cc1ccccc1Cl. The van der Waals surface area contributed by atoms with E-state index in [0.29, 0.717) is 12.3 Å². The number of hydrogen-bond donors (Lipinski definition) is 1. The van der Waals surface area contributed by atoms with Crippen molar-refractivity contribution in [3.8, 4) is 0 Å². The molecule has 1 aliphatic carbocycles. The van der Waals surface area contributed by atoms with Crippen molar-refractivity contribution in [1.29, 1.82) is 0 Å². The fourth-order valence-corrected chi connectivity index (χ4v) is 4.76. The van der Waals surface area contributed by atoms with Crippen molar-refractivity contribution in [1.82, 2.24) is 4.90 Å². The van der Waals surface area contributed by atoms with Crippen LogP contribution in [0, 0.1) is 11.8 Å². The van der Waals surface area contributed by atoms with Gasteiger partial charge in [0.05, 0.1) is 5.60 Å². The van der Waals surface area contributed by atoms with E-state index in [1.54, 1.807) is 0 Å². The van der Waals surface area contributed by atoms with E-state index in [0.717, 1.165) is 47.8 Å². The largest absolute Gasteiger partial charge is 0.389 e. The molecule has 0 heterocycles. The maximum absolute atomic E-state index is 11.6. The molecule has 27 heavy (non-hydrogen) atoms. The number of nitrogens with zero attached hydrogens (tertiary/aromatic N) is 1. The Morgan fingerprint density at radius 3 is 2.44 bits per heavy atom. The summed E-state index contributed by atoms with van der Waals surface area (Å²) in [6.45, 7) is 0.887. The standard InChI is InChI=1S/C23H29Cl2NO/c1-26(2)16-20-14-18(13-17-7-9-21(24)10-8-17)11-12-23(20,27)15-19-5-3-4-6-22(19)25/h3-10,18,20,27H,11-16H2,1-2H3. The second kappa shape index (κ2) is 8.96. The zero-order chi connectivity index (χ0) is 19.4. The smallest absolute Gasteiger partial charge is 0.0728 e. The van der Waals surface area contributed by atoms with Crippen LogP contribution in [0.25, 0.3) is 0 Å². The molecule has 3 rings (SSSR count). The molecule has 3 atom stereocenters. The zero-order valence-electron chi connectivity index (χ0n) is 16.2. The Balaban J connectivity index is 1.74. The van der Waals surface area contributed by atoms with Gasteiger partial charge in [0.25, 0.3) is 0 Å². The summed E-state index contributed by atoms with van der Waals surface area (Å²) in [6.07, 6.45) is 4.55. The second-order valence-electron chi connectivity index (χ2n) is 8.30. The van der Waals surface area contributed by atoms with E-state index in [4.69, 9.17) is 23.2 Å². The maximum atomic E-state index is 11.6. The van der Waals surface area contributed by atoms with E-state index in [-0.39, 0.29) is 5.92 Å². The van der Waals surface area contributed by atoms with Crippen LogP contribution in [0.15, 0.2) is 48.5 Å². The molecule has 0 spiro atoms. The van der Waals surface area contributed by atoms with Crippen molar-refractivity contribution in [3.05, 3.63) is 69.7 Å². The molecule has 0 aromatic heterocycles. The van der Waals surface area contributed by atoms with Gasteiger partial charge in [-0.25, -0.2) is 0 Å². The van der Waals surface area contributed by atoms with Crippen molar-refractivity contribution in [2.24, 2.45) is 11.8 Å². The lowest BCUT2D eigenvalue weighted by atomic mass is 9.67. The van der Waals surface area contributed by atoms with Gasteiger partial charge in [-0.15, -0.1) is 0 Å². The number of rotatable bonds is 6. The van der Waals surface area contributed by atoms with Crippen LogP contribution in [0.1, 0.15) is 30.4 Å². The lowest BCUT2D eigenvalue weighted by molar-refractivity contribution is -0.0685. The van der Waals surface area contributed by atoms with Crippen LogP contribution in [0.3, 0.4) is 0 Å². The van der Waals surface area contributed by atoms with E-state index >= 15 is 0 Å². The van der Waals surface area contributed by atoms with Crippen LogP contribution >= 0.6 is 23.2 Å². The molecule has 0 radical (unpaired) electrons. The molecule has 2 aromatic carbocycles. The fourth-order valence-electron chi connectivity index (χ4n) is 4.43. The summed E-state index contributed by atoms with van der Waals surface area (Å²) in [6, 6.07) is 16.0. The summed E-state index contributed by atoms with van der Waals surface area (Å²) < 4.78 is 0. The lowest BCUT2D eigenvalue weighted by Gasteiger charge is -2.44. The Kier molecular flexibility index (Phi) is 6.86. The first-order valence-electron chi connectivity index (χ1n) is 9.71. The molecule has 1 saturated carbocycles. The van der Waals surface area contributed by atoms with Gasteiger partial charge in [-0.3, -0.25) is 0 Å². The molecule has 1 N–H and O–H groups in total. The Bertz CT molecular complexity index is 746. The number of aliphatic hydroxyl groups is 1. The van der Waals surface area contributed by atoms with Crippen LogP contribution < -0.4 is 0 Å². The van der Waals surface area contributed by atoms with Crippen molar-refractivity contribution in [3.63, 3.8) is 0 Å². The molecule has 4 heteroatoms. The van der Waals surface area contributed by atoms with Gasteiger partial charge in [0.2, 0.25) is 0 Å². The highest BCUT2D eigenvalue weighted by atomic mass is 35.5. The summed E-state index contributed by atoms with van der Waals surface area (Å²) in [5, 5.41) is 13.1. The molecular formula is C23H29Cl2NO. The number of halogens is 2. The van der Waals surface area contributed by atoms with Crippen molar-refractivity contribution in [2.45, 2.75) is 37.7 Å². The quantitative estimate of drug-likeness (QED) is 0.686. The topological polar surface area (TPSA) is 23.5 Å². The van der Waals surface area contributed by atoms with E-state index < -0.39 is 5.60 Å². The van der Waals surface area contributed by atoms with Crippen molar-refractivity contribution >= 4 is 23.2 Å². The summed E-state index contributed by atoms with van der Waals surface area (Å²) in [7, 11) is 4.16. The third-order valence-corrected chi connectivity index (χ3v) is 6.46. The Morgan fingerprint density at radius 1 is 1.07 bits per heavy atom. The van der Waals surface area contributed by atoms with Gasteiger partial charge >= 0.3 is 0 Å². The Morgan fingerprint density at radius 2 is 1.78 bits per heavy atom. The van der Waals surface area contributed by atoms with Crippen molar-refractivity contribution in [2.75, 3.05) is 20.6 Å². The number of hydrogen-bond acceptors (Lipinski definition) is 2. The normalized spacial score (nSPS) is 25.7. The fraction of sp³-hybridized carbons (Fsp3) is 0.478. The van der Waals surface area contributed by atoms with Crippen LogP contribution in [-0.4, -0.2) is 36.2 Å². The first-order valence-corrected chi connectivity index (χ1v) is 10.5. The van der Waals surface area contributed by atoms with E-state index in [9.17, 15) is 5.11 Å². The molecule has 0 aliphatic heterocycles. The van der Waals surface area contributed by atoms with Gasteiger partial charge in [-0.2, -0.15) is 0 Å². The van der Waals surface area contributed by atoms with Crippen LogP contribution in [0.4, 0.5) is 0 Å². The molecule has 2 nitrogen and oxygen atoms in total. The summed E-state index contributed by atoms with van der Waals surface area (Å²) >= 11 is 12.4. The van der Waals surface area contributed by atoms with Crippen LogP contribution in [0.2, 0.25) is 10.0 Å². The molecule has 0 saturated heterocycles. The first-order chi connectivity index (χ1) is 12.9. The third-order valence-electron chi connectivity index (χ3n) is 5.84. The summed E-state index contributed by atoms with van der Waals surface area (Å²) in [4.78, 5) is 2.19. The van der Waals surface area contributed by atoms with E-state index in [1.807, 2.05) is 36.4 Å².